The third-order valence-electron chi connectivity index (χ3n) is 4.09. The number of rotatable bonds is 10. The van der Waals surface area contributed by atoms with Crippen LogP contribution in [0.2, 0.25) is 0 Å². The van der Waals surface area contributed by atoms with Crippen LogP contribution < -0.4 is 0 Å². The molecule has 1 fully saturated rings. The van der Waals surface area contributed by atoms with E-state index in [2.05, 4.69) is 18.7 Å². The first-order valence-electron chi connectivity index (χ1n) is 8.20. The minimum absolute atomic E-state index is 0.831. The lowest BCUT2D eigenvalue weighted by Crippen LogP contribution is -2.43. The second-order valence-electron chi connectivity index (χ2n) is 5.65. The minimum Gasteiger partial charge on any atom is -0.379 e. The molecule has 0 bridgehead atoms. The van der Waals surface area contributed by atoms with Crippen molar-refractivity contribution in [1.29, 1.82) is 0 Å². The number of ether oxygens (including phenoxy) is 1. The monoisotopic (exact) mass is 255 g/mol. The highest BCUT2D eigenvalue weighted by Crippen LogP contribution is 2.18. The zero-order valence-electron chi connectivity index (χ0n) is 12.6. The van der Waals surface area contributed by atoms with E-state index in [-0.39, 0.29) is 0 Å². The maximum atomic E-state index is 5.48. The van der Waals surface area contributed by atoms with Gasteiger partial charge in [0.2, 0.25) is 0 Å². The van der Waals surface area contributed by atoms with Crippen molar-refractivity contribution in [2.24, 2.45) is 0 Å². The maximum Gasteiger partial charge on any atom is 0.0594 e. The van der Waals surface area contributed by atoms with E-state index in [0.717, 1.165) is 32.3 Å². The Labute approximate surface area is 114 Å². The molecule has 0 aromatic heterocycles. The summed E-state index contributed by atoms with van der Waals surface area (Å²) < 4.78 is 5.48. The van der Waals surface area contributed by atoms with Crippen LogP contribution >= 0.6 is 0 Å². The molecule has 1 aliphatic heterocycles. The molecule has 1 rings (SSSR count). The van der Waals surface area contributed by atoms with Crippen LogP contribution in [-0.2, 0) is 4.74 Å². The van der Waals surface area contributed by atoms with Gasteiger partial charge in [0, 0.05) is 19.1 Å². The van der Waals surface area contributed by atoms with Crippen LogP contribution in [-0.4, -0.2) is 37.2 Å². The van der Waals surface area contributed by atoms with Gasteiger partial charge in [-0.25, -0.2) is 0 Å². The predicted octanol–water partition coefficient (Wildman–Crippen LogP) is 4.24. The summed E-state index contributed by atoms with van der Waals surface area (Å²) in [5, 5.41) is 0. The van der Waals surface area contributed by atoms with E-state index in [9.17, 15) is 0 Å². The number of nitrogens with zero attached hydrogens (tertiary/aromatic N) is 1. The second kappa shape index (κ2) is 10.8. The van der Waals surface area contributed by atoms with Crippen molar-refractivity contribution in [3.05, 3.63) is 0 Å². The molecular formula is C16H33NO. The molecule has 1 saturated heterocycles. The van der Waals surface area contributed by atoms with Crippen LogP contribution in [0.5, 0.6) is 0 Å². The van der Waals surface area contributed by atoms with E-state index in [1.54, 1.807) is 0 Å². The van der Waals surface area contributed by atoms with Gasteiger partial charge in [0.1, 0.15) is 0 Å². The van der Waals surface area contributed by atoms with E-state index >= 15 is 0 Å². The quantitative estimate of drug-likeness (QED) is 0.541. The van der Waals surface area contributed by atoms with Gasteiger partial charge in [-0.3, -0.25) is 4.90 Å². The summed E-state index contributed by atoms with van der Waals surface area (Å²) in [5.74, 6) is 0. The summed E-state index contributed by atoms with van der Waals surface area (Å²) in [6.07, 6.45) is 12.5. The Morgan fingerprint density at radius 2 is 1.39 bits per heavy atom. The third-order valence-corrected chi connectivity index (χ3v) is 4.09. The summed E-state index contributed by atoms with van der Waals surface area (Å²) in [6, 6.07) is 0.831. The fourth-order valence-electron chi connectivity index (χ4n) is 2.89. The molecule has 0 amide bonds. The van der Waals surface area contributed by atoms with Crippen molar-refractivity contribution >= 4 is 0 Å². The van der Waals surface area contributed by atoms with Crippen molar-refractivity contribution in [3.8, 4) is 0 Å². The molecule has 0 saturated carbocycles. The van der Waals surface area contributed by atoms with Crippen LogP contribution in [0.1, 0.15) is 71.6 Å². The van der Waals surface area contributed by atoms with Crippen LogP contribution in [0, 0.1) is 0 Å². The van der Waals surface area contributed by atoms with Crippen LogP contribution in [0.4, 0.5) is 0 Å². The van der Waals surface area contributed by atoms with Gasteiger partial charge < -0.3 is 4.74 Å². The molecule has 1 unspecified atom stereocenters. The Balaban J connectivity index is 2.25. The molecule has 1 aliphatic rings. The zero-order chi connectivity index (χ0) is 13.1. The summed E-state index contributed by atoms with van der Waals surface area (Å²) in [4.78, 5) is 2.69. The molecule has 1 atom stereocenters. The van der Waals surface area contributed by atoms with Crippen LogP contribution in [0.25, 0.3) is 0 Å². The molecule has 0 spiro atoms. The fraction of sp³-hybridized carbons (Fsp3) is 1.00. The standard InChI is InChI=1S/C16H33NO/c1-3-5-7-9-11-16(10-8-6-4-2)17-12-14-18-15-13-17/h16H,3-15H2,1-2H3. The summed E-state index contributed by atoms with van der Waals surface area (Å²) in [6.45, 7) is 8.79. The Morgan fingerprint density at radius 3 is 2.00 bits per heavy atom. The largest absolute Gasteiger partial charge is 0.379 e. The summed E-state index contributed by atoms with van der Waals surface area (Å²) >= 11 is 0. The van der Waals surface area contributed by atoms with E-state index in [1.807, 2.05) is 0 Å². The van der Waals surface area contributed by atoms with E-state index in [4.69, 9.17) is 4.74 Å². The number of hydrogen-bond acceptors (Lipinski definition) is 2. The number of hydrogen-bond donors (Lipinski definition) is 0. The first-order chi connectivity index (χ1) is 8.88. The van der Waals surface area contributed by atoms with Gasteiger partial charge in [0.25, 0.3) is 0 Å². The molecule has 0 N–H and O–H groups in total. The van der Waals surface area contributed by atoms with Crippen molar-refractivity contribution in [2.45, 2.75) is 77.7 Å². The lowest BCUT2D eigenvalue weighted by molar-refractivity contribution is 0.0118. The Bertz CT molecular complexity index is 178. The van der Waals surface area contributed by atoms with Crippen molar-refractivity contribution < 1.29 is 4.74 Å². The van der Waals surface area contributed by atoms with Crippen LogP contribution in [0.3, 0.4) is 0 Å². The Hall–Kier alpha value is -0.0800. The van der Waals surface area contributed by atoms with E-state index < -0.39 is 0 Å². The molecule has 108 valence electrons. The Morgan fingerprint density at radius 1 is 0.833 bits per heavy atom. The highest BCUT2D eigenvalue weighted by molar-refractivity contribution is 4.74. The van der Waals surface area contributed by atoms with Gasteiger partial charge in [0.05, 0.1) is 13.2 Å². The van der Waals surface area contributed by atoms with Gasteiger partial charge in [-0.15, -0.1) is 0 Å². The maximum absolute atomic E-state index is 5.48. The molecular weight excluding hydrogens is 222 g/mol. The molecule has 0 aliphatic carbocycles. The topological polar surface area (TPSA) is 12.5 Å². The van der Waals surface area contributed by atoms with E-state index in [0.29, 0.717) is 0 Å². The lowest BCUT2D eigenvalue weighted by atomic mass is 9.99. The fourth-order valence-corrected chi connectivity index (χ4v) is 2.89. The minimum atomic E-state index is 0.831. The number of morpholine rings is 1. The average Bonchev–Trinajstić information content (AvgIpc) is 2.42. The Kier molecular flexibility index (Phi) is 9.59. The van der Waals surface area contributed by atoms with Crippen molar-refractivity contribution in [3.63, 3.8) is 0 Å². The van der Waals surface area contributed by atoms with E-state index in [1.165, 1.54) is 57.8 Å². The van der Waals surface area contributed by atoms with Gasteiger partial charge in [-0.05, 0) is 12.8 Å². The van der Waals surface area contributed by atoms with Crippen molar-refractivity contribution in [2.75, 3.05) is 26.3 Å². The molecule has 18 heavy (non-hydrogen) atoms. The lowest BCUT2D eigenvalue weighted by Gasteiger charge is -2.34. The zero-order valence-corrected chi connectivity index (χ0v) is 12.6. The molecule has 2 heteroatoms. The van der Waals surface area contributed by atoms with Gasteiger partial charge in [-0.1, -0.05) is 58.8 Å². The van der Waals surface area contributed by atoms with Crippen molar-refractivity contribution in [1.82, 2.24) is 4.90 Å². The first kappa shape index (κ1) is 16.0. The highest BCUT2D eigenvalue weighted by atomic mass is 16.5. The first-order valence-corrected chi connectivity index (χ1v) is 8.20. The average molecular weight is 255 g/mol. The molecule has 0 radical (unpaired) electrons. The molecule has 2 nitrogen and oxygen atoms in total. The van der Waals surface area contributed by atoms with Gasteiger partial charge >= 0.3 is 0 Å². The third kappa shape index (κ3) is 6.75. The smallest absolute Gasteiger partial charge is 0.0594 e. The van der Waals surface area contributed by atoms with Crippen LogP contribution in [0.15, 0.2) is 0 Å². The summed E-state index contributed by atoms with van der Waals surface area (Å²) in [7, 11) is 0. The predicted molar refractivity (Wildman–Crippen MR) is 79.1 cm³/mol. The highest BCUT2D eigenvalue weighted by Gasteiger charge is 2.19. The van der Waals surface area contributed by atoms with Gasteiger partial charge in [0.15, 0.2) is 0 Å². The normalized spacial score (nSPS) is 19.0. The summed E-state index contributed by atoms with van der Waals surface area (Å²) in [5.41, 5.74) is 0. The molecule has 0 aromatic rings. The molecule has 1 heterocycles. The SMILES string of the molecule is CCCCCCC(CCCCC)N1CCOCC1. The van der Waals surface area contributed by atoms with Gasteiger partial charge in [-0.2, -0.15) is 0 Å². The second-order valence-corrected chi connectivity index (χ2v) is 5.65. The number of unbranched alkanes of at least 4 members (excludes halogenated alkanes) is 5. The molecule has 0 aromatic carbocycles.